The molecule has 0 bridgehead atoms. The first-order valence-corrected chi connectivity index (χ1v) is 6.58. The molecular formula is C14H21N3O2. The van der Waals surface area contributed by atoms with E-state index in [-0.39, 0.29) is 5.91 Å². The number of nitrogens with one attached hydrogen (secondary N) is 1. The van der Waals surface area contributed by atoms with Crippen LogP contribution in [0.25, 0.3) is 0 Å². The molecule has 5 nitrogen and oxygen atoms in total. The van der Waals surface area contributed by atoms with Gasteiger partial charge in [0.1, 0.15) is 0 Å². The summed E-state index contributed by atoms with van der Waals surface area (Å²) in [6, 6.07) is 8.10. The maximum atomic E-state index is 11.2. The third kappa shape index (κ3) is 4.31. The van der Waals surface area contributed by atoms with Crippen molar-refractivity contribution in [3.8, 4) is 0 Å². The third-order valence-electron chi connectivity index (χ3n) is 3.28. The molecule has 0 aromatic heterocycles. The van der Waals surface area contributed by atoms with Crippen molar-refractivity contribution in [2.45, 2.75) is 26.0 Å². The van der Waals surface area contributed by atoms with Gasteiger partial charge in [-0.15, -0.1) is 0 Å². The van der Waals surface area contributed by atoms with Gasteiger partial charge in [0.15, 0.2) is 0 Å². The zero-order valence-corrected chi connectivity index (χ0v) is 11.3. The number of rotatable bonds is 4. The largest absolute Gasteiger partial charge is 0.376 e. The summed E-state index contributed by atoms with van der Waals surface area (Å²) < 4.78 is 5.52. The zero-order chi connectivity index (χ0) is 13.7. The molecule has 0 aliphatic carbocycles. The average Bonchev–Trinajstić information content (AvgIpc) is 2.41. The van der Waals surface area contributed by atoms with Gasteiger partial charge in [-0.1, -0.05) is 24.3 Å². The minimum Gasteiger partial charge on any atom is -0.376 e. The fraction of sp³-hybridized carbons (Fsp3) is 0.500. The number of carbonyl (C=O) groups is 1. The Morgan fingerprint density at radius 3 is 2.74 bits per heavy atom. The summed E-state index contributed by atoms with van der Waals surface area (Å²) >= 11 is 0. The lowest BCUT2D eigenvalue weighted by atomic mass is 10.1. The third-order valence-corrected chi connectivity index (χ3v) is 3.28. The van der Waals surface area contributed by atoms with Gasteiger partial charge in [-0.25, -0.2) is 5.84 Å². The average molecular weight is 263 g/mol. The Hall–Kier alpha value is -1.43. The van der Waals surface area contributed by atoms with Crippen molar-refractivity contribution < 1.29 is 9.53 Å². The molecule has 0 saturated carbocycles. The highest BCUT2D eigenvalue weighted by atomic mass is 16.5. The van der Waals surface area contributed by atoms with Crippen molar-refractivity contribution in [1.82, 2.24) is 10.3 Å². The van der Waals surface area contributed by atoms with E-state index in [4.69, 9.17) is 10.6 Å². The SMILES string of the molecule is CC1CN(Cc2ccc(CC(=O)NN)cc2)CCO1. The quantitative estimate of drug-likeness (QED) is 0.470. The van der Waals surface area contributed by atoms with Gasteiger partial charge in [0.05, 0.1) is 19.1 Å². The van der Waals surface area contributed by atoms with E-state index in [9.17, 15) is 4.79 Å². The first-order chi connectivity index (χ1) is 9.17. The Morgan fingerprint density at radius 1 is 1.42 bits per heavy atom. The van der Waals surface area contributed by atoms with Crippen molar-refractivity contribution in [3.63, 3.8) is 0 Å². The van der Waals surface area contributed by atoms with E-state index in [1.54, 1.807) is 0 Å². The number of nitrogens with two attached hydrogens (primary N) is 1. The van der Waals surface area contributed by atoms with Crippen LogP contribution in [0, 0.1) is 0 Å². The molecule has 1 aromatic rings. The summed E-state index contributed by atoms with van der Waals surface area (Å²) in [5.41, 5.74) is 4.37. The van der Waals surface area contributed by atoms with Crippen LogP contribution in [0.5, 0.6) is 0 Å². The molecule has 0 spiro atoms. The predicted molar refractivity (Wildman–Crippen MR) is 73.2 cm³/mol. The number of carbonyl (C=O) groups excluding carboxylic acids is 1. The number of hydrazine groups is 1. The lowest BCUT2D eigenvalue weighted by Gasteiger charge is -2.31. The summed E-state index contributed by atoms with van der Waals surface area (Å²) in [6.07, 6.45) is 0.632. The fourth-order valence-electron chi connectivity index (χ4n) is 2.29. The van der Waals surface area contributed by atoms with Gasteiger partial charge in [0.2, 0.25) is 5.91 Å². The van der Waals surface area contributed by atoms with Crippen LogP contribution in [0.4, 0.5) is 0 Å². The number of morpholine rings is 1. The van der Waals surface area contributed by atoms with Crippen molar-refractivity contribution in [2.24, 2.45) is 5.84 Å². The molecule has 1 aromatic carbocycles. The molecule has 3 N–H and O–H groups in total. The zero-order valence-electron chi connectivity index (χ0n) is 11.3. The predicted octanol–water partition coefficient (Wildman–Crippen LogP) is 0.440. The van der Waals surface area contributed by atoms with Crippen LogP contribution >= 0.6 is 0 Å². The Balaban J connectivity index is 1.89. The van der Waals surface area contributed by atoms with Crippen LogP contribution in [-0.4, -0.2) is 36.6 Å². The minimum atomic E-state index is -0.172. The van der Waals surface area contributed by atoms with E-state index < -0.39 is 0 Å². The first-order valence-electron chi connectivity index (χ1n) is 6.58. The molecule has 1 aliphatic heterocycles. The minimum absolute atomic E-state index is 0.172. The van der Waals surface area contributed by atoms with Crippen molar-refractivity contribution in [2.75, 3.05) is 19.7 Å². The number of amides is 1. The number of nitrogens with zero attached hydrogens (tertiary/aromatic N) is 1. The van der Waals surface area contributed by atoms with Gasteiger partial charge in [0, 0.05) is 19.6 Å². The van der Waals surface area contributed by atoms with E-state index in [1.807, 2.05) is 12.1 Å². The fourth-order valence-corrected chi connectivity index (χ4v) is 2.29. The van der Waals surface area contributed by atoms with Gasteiger partial charge >= 0.3 is 0 Å². The molecule has 1 fully saturated rings. The first kappa shape index (κ1) is 14.0. The molecule has 1 aliphatic rings. The van der Waals surface area contributed by atoms with Crippen LogP contribution in [0.1, 0.15) is 18.1 Å². The second-order valence-electron chi connectivity index (χ2n) is 4.98. The van der Waals surface area contributed by atoms with Gasteiger partial charge in [-0.3, -0.25) is 15.1 Å². The molecule has 1 saturated heterocycles. The standard InChI is InChI=1S/C14H21N3O2/c1-11-9-17(6-7-19-11)10-13-4-2-12(3-5-13)8-14(18)16-15/h2-5,11H,6-10,15H2,1H3,(H,16,18). The molecule has 1 heterocycles. The second-order valence-corrected chi connectivity index (χ2v) is 4.98. The lowest BCUT2D eigenvalue weighted by Crippen LogP contribution is -2.40. The number of benzene rings is 1. The van der Waals surface area contributed by atoms with E-state index in [2.05, 4.69) is 29.4 Å². The molecule has 1 unspecified atom stereocenters. The molecule has 104 valence electrons. The molecule has 0 radical (unpaired) electrons. The van der Waals surface area contributed by atoms with E-state index >= 15 is 0 Å². The Bertz CT molecular complexity index is 419. The van der Waals surface area contributed by atoms with Crippen molar-refractivity contribution >= 4 is 5.91 Å². The number of ether oxygens (including phenoxy) is 1. The normalized spacial score (nSPS) is 20.2. The molecule has 1 amide bonds. The highest BCUT2D eigenvalue weighted by Crippen LogP contribution is 2.11. The topological polar surface area (TPSA) is 67.6 Å². The highest BCUT2D eigenvalue weighted by Gasteiger charge is 2.16. The summed E-state index contributed by atoms with van der Waals surface area (Å²) in [7, 11) is 0. The lowest BCUT2D eigenvalue weighted by molar-refractivity contribution is -0.120. The molecular weight excluding hydrogens is 242 g/mol. The van der Waals surface area contributed by atoms with Crippen LogP contribution < -0.4 is 11.3 Å². The number of hydrogen-bond acceptors (Lipinski definition) is 4. The van der Waals surface area contributed by atoms with E-state index in [0.717, 1.165) is 31.8 Å². The van der Waals surface area contributed by atoms with Crippen LogP contribution in [0.3, 0.4) is 0 Å². The summed E-state index contributed by atoms with van der Waals surface area (Å²) in [5.74, 6) is 4.90. The van der Waals surface area contributed by atoms with Gasteiger partial charge < -0.3 is 4.74 Å². The van der Waals surface area contributed by atoms with Crippen molar-refractivity contribution in [1.29, 1.82) is 0 Å². The highest BCUT2D eigenvalue weighted by molar-refractivity contribution is 5.77. The summed E-state index contributed by atoms with van der Waals surface area (Å²) in [4.78, 5) is 13.5. The Kier molecular flexibility index (Phi) is 4.90. The van der Waals surface area contributed by atoms with E-state index in [1.165, 1.54) is 5.56 Å². The van der Waals surface area contributed by atoms with Gasteiger partial charge in [-0.05, 0) is 18.1 Å². The summed E-state index contributed by atoms with van der Waals surface area (Å²) in [5, 5.41) is 0. The van der Waals surface area contributed by atoms with E-state index in [0.29, 0.717) is 12.5 Å². The molecule has 5 heteroatoms. The van der Waals surface area contributed by atoms with Crippen LogP contribution in [-0.2, 0) is 22.5 Å². The smallest absolute Gasteiger partial charge is 0.238 e. The molecule has 1 atom stereocenters. The van der Waals surface area contributed by atoms with Crippen LogP contribution in [0.2, 0.25) is 0 Å². The maximum absolute atomic E-state index is 11.2. The number of hydrogen-bond donors (Lipinski definition) is 2. The van der Waals surface area contributed by atoms with Gasteiger partial charge in [-0.2, -0.15) is 0 Å². The van der Waals surface area contributed by atoms with Crippen LogP contribution in [0.15, 0.2) is 24.3 Å². The monoisotopic (exact) mass is 263 g/mol. The Labute approximate surface area is 113 Å². The second kappa shape index (κ2) is 6.65. The van der Waals surface area contributed by atoms with Gasteiger partial charge in [0.25, 0.3) is 0 Å². The molecule has 2 rings (SSSR count). The van der Waals surface area contributed by atoms with Crippen molar-refractivity contribution in [3.05, 3.63) is 35.4 Å². The maximum Gasteiger partial charge on any atom is 0.238 e. The molecule has 19 heavy (non-hydrogen) atoms. The Morgan fingerprint density at radius 2 is 2.11 bits per heavy atom. The summed E-state index contributed by atoms with van der Waals surface area (Å²) in [6.45, 7) is 5.77.